The van der Waals surface area contributed by atoms with Gasteiger partial charge in [0.1, 0.15) is 0 Å². The van der Waals surface area contributed by atoms with Crippen LogP contribution in [0.2, 0.25) is 0 Å². The number of carbonyl (C=O) groups is 2. The molecule has 0 atom stereocenters. The van der Waals surface area contributed by atoms with Crippen LogP contribution < -0.4 is 5.32 Å². The first kappa shape index (κ1) is 16.1. The number of piperazine rings is 1. The van der Waals surface area contributed by atoms with E-state index in [9.17, 15) is 9.59 Å². The Kier molecular flexibility index (Phi) is 5.88. The number of hydrogen-bond acceptors (Lipinski definition) is 2. The zero-order chi connectivity index (χ0) is 15.2. The number of rotatable bonds is 3. The molecule has 5 heteroatoms. The number of nitrogens with one attached hydrogen (secondary N) is 1. The Morgan fingerprint density at radius 1 is 1.00 bits per heavy atom. The van der Waals surface area contributed by atoms with Gasteiger partial charge < -0.3 is 15.1 Å². The molecule has 1 N–H and O–H groups in total. The zero-order valence-corrected chi connectivity index (χ0v) is 13.4. The van der Waals surface area contributed by atoms with E-state index in [0.717, 1.165) is 12.8 Å². The van der Waals surface area contributed by atoms with E-state index >= 15 is 0 Å². The van der Waals surface area contributed by atoms with Gasteiger partial charge in [0.25, 0.3) is 0 Å². The predicted molar refractivity (Wildman–Crippen MR) is 83.0 cm³/mol. The molecule has 2 aliphatic rings. The maximum absolute atomic E-state index is 12.2. The molecule has 5 nitrogen and oxygen atoms in total. The van der Waals surface area contributed by atoms with Gasteiger partial charge in [0.05, 0.1) is 0 Å². The van der Waals surface area contributed by atoms with Gasteiger partial charge in [-0.05, 0) is 18.8 Å². The maximum Gasteiger partial charge on any atom is 0.317 e. The molecular weight excluding hydrogens is 266 g/mol. The molecule has 0 spiro atoms. The Morgan fingerprint density at radius 2 is 1.57 bits per heavy atom. The molecule has 2 rings (SSSR count). The van der Waals surface area contributed by atoms with E-state index in [1.165, 1.54) is 19.3 Å². The minimum Gasteiger partial charge on any atom is -0.339 e. The Morgan fingerprint density at radius 3 is 2.14 bits per heavy atom. The van der Waals surface area contributed by atoms with E-state index in [4.69, 9.17) is 0 Å². The highest BCUT2D eigenvalue weighted by Gasteiger charge is 2.25. The number of amides is 3. The molecule has 1 aliphatic carbocycles. The van der Waals surface area contributed by atoms with Crippen molar-refractivity contribution in [2.75, 3.05) is 26.2 Å². The van der Waals surface area contributed by atoms with E-state index in [0.29, 0.717) is 44.6 Å². The van der Waals surface area contributed by atoms with Crippen molar-refractivity contribution >= 4 is 11.9 Å². The average molecular weight is 295 g/mol. The SMILES string of the molecule is CC(C)CC(=O)N1CCN(C(=O)NC2CCCCC2)CC1. The van der Waals surface area contributed by atoms with Crippen molar-refractivity contribution in [3.63, 3.8) is 0 Å². The second kappa shape index (κ2) is 7.66. The van der Waals surface area contributed by atoms with E-state index in [1.807, 2.05) is 9.80 Å². The molecule has 3 amide bonds. The Labute approximate surface area is 128 Å². The summed E-state index contributed by atoms with van der Waals surface area (Å²) in [4.78, 5) is 28.0. The molecule has 0 aromatic rings. The highest BCUT2D eigenvalue weighted by Crippen LogP contribution is 2.18. The van der Waals surface area contributed by atoms with Gasteiger partial charge in [0.15, 0.2) is 0 Å². The van der Waals surface area contributed by atoms with E-state index in [1.54, 1.807) is 0 Å². The summed E-state index contributed by atoms with van der Waals surface area (Å²) in [5.41, 5.74) is 0. The standard InChI is InChI=1S/C16H29N3O2/c1-13(2)12-15(20)18-8-10-19(11-9-18)16(21)17-14-6-4-3-5-7-14/h13-14H,3-12H2,1-2H3,(H,17,21). The second-order valence-electron chi connectivity index (χ2n) is 6.75. The predicted octanol–water partition coefficient (Wildman–Crippen LogP) is 2.22. The largest absolute Gasteiger partial charge is 0.339 e. The van der Waals surface area contributed by atoms with Crippen LogP contribution in [-0.4, -0.2) is 54.0 Å². The summed E-state index contributed by atoms with van der Waals surface area (Å²) >= 11 is 0. The molecule has 0 aromatic heterocycles. The summed E-state index contributed by atoms with van der Waals surface area (Å²) in [5, 5.41) is 3.15. The highest BCUT2D eigenvalue weighted by molar-refractivity contribution is 5.78. The van der Waals surface area contributed by atoms with Gasteiger partial charge in [-0.1, -0.05) is 33.1 Å². The molecule has 1 heterocycles. The number of carbonyl (C=O) groups excluding carboxylic acids is 2. The third-order valence-corrected chi connectivity index (χ3v) is 4.44. The molecule has 1 saturated heterocycles. The van der Waals surface area contributed by atoms with Gasteiger partial charge in [-0.2, -0.15) is 0 Å². The monoisotopic (exact) mass is 295 g/mol. The number of urea groups is 1. The maximum atomic E-state index is 12.2. The van der Waals surface area contributed by atoms with Gasteiger partial charge in [-0.15, -0.1) is 0 Å². The van der Waals surface area contributed by atoms with Crippen molar-refractivity contribution in [1.82, 2.24) is 15.1 Å². The summed E-state index contributed by atoms with van der Waals surface area (Å²) in [5.74, 6) is 0.613. The van der Waals surface area contributed by atoms with E-state index in [2.05, 4.69) is 19.2 Å². The van der Waals surface area contributed by atoms with E-state index in [-0.39, 0.29) is 11.9 Å². The lowest BCUT2D eigenvalue weighted by atomic mass is 9.96. The average Bonchev–Trinajstić information content (AvgIpc) is 2.47. The van der Waals surface area contributed by atoms with Crippen LogP contribution >= 0.6 is 0 Å². The van der Waals surface area contributed by atoms with Gasteiger partial charge >= 0.3 is 6.03 Å². The van der Waals surface area contributed by atoms with Gasteiger partial charge in [0, 0.05) is 38.6 Å². The Hall–Kier alpha value is -1.26. The Bertz CT molecular complexity index is 357. The summed E-state index contributed by atoms with van der Waals surface area (Å²) in [6, 6.07) is 0.407. The molecule has 0 aromatic carbocycles. The molecule has 2 fully saturated rings. The van der Waals surface area contributed by atoms with Crippen LogP contribution in [0.5, 0.6) is 0 Å². The Balaban J connectivity index is 1.72. The second-order valence-corrected chi connectivity index (χ2v) is 6.75. The van der Waals surface area contributed by atoms with Gasteiger partial charge in [-0.3, -0.25) is 4.79 Å². The lowest BCUT2D eigenvalue weighted by Crippen LogP contribution is -2.54. The number of hydrogen-bond donors (Lipinski definition) is 1. The van der Waals surface area contributed by atoms with Crippen LogP contribution in [0, 0.1) is 5.92 Å². The van der Waals surface area contributed by atoms with Crippen molar-refractivity contribution < 1.29 is 9.59 Å². The molecular formula is C16H29N3O2. The molecule has 0 unspecified atom stereocenters. The van der Waals surface area contributed by atoms with Crippen molar-refractivity contribution in [1.29, 1.82) is 0 Å². The topological polar surface area (TPSA) is 52.7 Å². The fourth-order valence-corrected chi connectivity index (χ4v) is 3.15. The van der Waals surface area contributed by atoms with Gasteiger partial charge in [-0.25, -0.2) is 4.79 Å². The van der Waals surface area contributed by atoms with Crippen molar-refractivity contribution in [2.24, 2.45) is 5.92 Å². The minimum absolute atomic E-state index is 0.0536. The zero-order valence-electron chi connectivity index (χ0n) is 13.4. The number of nitrogens with zero attached hydrogens (tertiary/aromatic N) is 2. The fraction of sp³-hybridized carbons (Fsp3) is 0.875. The summed E-state index contributed by atoms with van der Waals surface area (Å²) in [7, 11) is 0. The lowest BCUT2D eigenvalue weighted by Gasteiger charge is -2.36. The third kappa shape index (κ3) is 4.90. The molecule has 1 saturated carbocycles. The van der Waals surface area contributed by atoms with Crippen molar-refractivity contribution in [2.45, 2.75) is 58.4 Å². The smallest absolute Gasteiger partial charge is 0.317 e. The van der Waals surface area contributed by atoms with Crippen LogP contribution in [0.15, 0.2) is 0 Å². The molecule has 1 aliphatic heterocycles. The normalized spacial score (nSPS) is 20.7. The molecule has 21 heavy (non-hydrogen) atoms. The highest BCUT2D eigenvalue weighted by atomic mass is 16.2. The van der Waals surface area contributed by atoms with Crippen LogP contribution in [0.3, 0.4) is 0 Å². The van der Waals surface area contributed by atoms with Crippen LogP contribution in [0.4, 0.5) is 4.79 Å². The summed E-state index contributed by atoms with van der Waals surface area (Å²) < 4.78 is 0. The van der Waals surface area contributed by atoms with Crippen LogP contribution in [0.1, 0.15) is 52.4 Å². The molecule has 120 valence electrons. The fourth-order valence-electron chi connectivity index (χ4n) is 3.15. The molecule has 0 radical (unpaired) electrons. The van der Waals surface area contributed by atoms with E-state index < -0.39 is 0 Å². The first-order chi connectivity index (χ1) is 10.1. The van der Waals surface area contributed by atoms with Crippen LogP contribution in [-0.2, 0) is 4.79 Å². The van der Waals surface area contributed by atoms with Crippen LogP contribution in [0.25, 0.3) is 0 Å². The summed E-state index contributed by atoms with van der Waals surface area (Å²) in [6.07, 6.45) is 6.57. The quantitative estimate of drug-likeness (QED) is 0.868. The van der Waals surface area contributed by atoms with Crippen molar-refractivity contribution in [3.8, 4) is 0 Å². The minimum atomic E-state index is 0.0536. The first-order valence-corrected chi connectivity index (χ1v) is 8.39. The first-order valence-electron chi connectivity index (χ1n) is 8.39. The van der Waals surface area contributed by atoms with Gasteiger partial charge in [0.2, 0.25) is 5.91 Å². The van der Waals surface area contributed by atoms with Crippen molar-refractivity contribution in [3.05, 3.63) is 0 Å². The lowest BCUT2D eigenvalue weighted by molar-refractivity contribution is -0.133. The third-order valence-electron chi connectivity index (χ3n) is 4.44. The molecule has 0 bridgehead atoms. The summed E-state index contributed by atoms with van der Waals surface area (Å²) in [6.45, 7) is 6.77.